The highest BCUT2D eigenvalue weighted by Crippen LogP contribution is 2.14. The summed E-state index contributed by atoms with van der Waals surface area (Å²) >= 11 is 0. The molecule has 1 aromatic carbocycles. The molecule has 1 atom stereocenters. The van der Waals surface area contributed by atoms with Gasteiger partial charge in [0.2, 0.25) is 0 Å². The molecule has 0 aliphatic carbocycles. The lowest BCUT2D eigenvalue weighted by Crippen LogP contribution is -2.50. The number of nitrogens with zero attached hydrogens (tertiary/aromatic N) is 1. The fraction of sp³-hybridized carbons (Fsp3) is 0.444. The Labute approximate surface area is 152 Å². The lowest BCUT2D eigenvalue weighted by Gasteiger charge is -2.27. The Morgan fingerprint density at radius 2 is 1.85 bits per heavy atom. The number of nitrogens with one attached hydrogen (secondary N) is 2. The molecule has 0 bridgehead atoms. The number of methoxy groups -OCH3 is 1. The third-order valence-corrected chi connectivity index (χ3v) is 3.90. The van der Waals surface area contributed by atoms with E-state index in [1.165, 1.54) is 7.11 Å². The first-order valence-electron chi connectivity index (χ1n) is 8.02. The maximum atomic E-state index is 11.9. The first-order valence-corrected chi connectivity index (χ1v) is 8.02. The molecule has 0 aromatic heterocycles. The number of nitriles is 1. The Morgan fingerprint density at radius 1 is 1.23 bits per heavy atom. The van der Waals surface area contributed by atoms with Gasteiger partial charge in [0.05, 0.1) is 13.2 Å². The van der Waals surface area contributed by atoms with Crippen molar-refractivity contribution in [1.29, 1.82) is 5.26 Å². The maximum absolute atomic E-state index is 11.9. The Morgan fingerprint density at radius 3 is 2.35 bits per heavy atom. The van der Waals surface area contributed by atoms with Crippen LogP contribution >= 0.6 is 0 Å². The molecule has 1 aromatic rings. The standard InChI is InChI=1S/C18H23N3O5/c1-12(2)18(3,11-19)21-15(22)10-26-16(23)9-20-17(24)13-5-7-14(25-4)8-6-13/h5-8,12H,9-10H2,1-4H3,(H,20,24)(H,21,22)/t18-/m1/s1. The van der Waals surface area contributed by atoms with E-state index in [0.29, 0.717) is 11.3 Å². The summed E-state index contributed by atoms with van der Waals surface area (Å²) in [6.07, 6.45) is 0. The van der Waals surface area contributed by atoms with E-state index in [1.807, 2.05) is 6.07 Å². The minimum atomic E-state index is -1.05. The molecule has 1 rings (SSSR count). The zero-order valence-electron chi connectivity index (χ0n) is 15.3. The first-order chi connectivity index (χ1) is 12.2. The second-order valence-corrected chi connectivity index (χ2v) is 6.09. The number of carbonyl (C=O) groups excluding carboxylic acids is 3. The Kier molecular flexibility index (Phi) is 7.59. The van der Waals surface area contributed by atoms with Crippen LogP contribution in [0.3, 0.4) is 0 Å². The molecular weight excluding hydrogens is 338 g/mol. The van der Waals surface area contributed by atoms with Gasteiger partial charge in [-0.15, -0.1) is 0 Å². The number of carbonyl (C=O) groups is 3. The topological polar surface area (TPSA) is 118 Å². The lowest BCUT2D eigenvalue weighted by atomic mass is 9.90. The van der Waals surface area contributed by atoms with E-state index >= 15 is 0 Å². The van der Waals surface area contributed by atoms with Gasteiger partial charge in [0.15, 0.2) is 6.61 Å². The molecule has 0 unspecified atom stereocenters. The molecule has 0 aliphatic heterocycles. The molecule has 0 radical (unpaired) electrons. The number of rotatable bonds is 8. The summed E-state index contributed by atoms with van der Waals surface area (Å²) in [5, 5.41) is 14.1. The van der Waals surface area contributed by atoms with Crippen molar-refractivity contribution in [2.24, 2.45) is 5.92 Å². The largest absolute Gasteiger partial charge is 0.497 e. The predicted molar refractivity (Wildman–Crippen MR) is 93.3 cm³/mol. The zero-order valence-corrected chi connectivity index (χ0v) is 15.3. The normalized spacial score (nSPS) is 12.5. The number of hydrogen-bond donors (Lipinski definition) is 2. The molecule has 0 heterocycles. The van der Waals surface area contributed by atoms with Crippen molar-refractivity contribution < 1.29 is 23.9 Å². The van der Waals surface area contributed by atoms with Crippen LogP contribution in [0.1, 0.15) is 31.1 Å². The van der Waals surface area contributed by atoms with Crippen LogP contribution in [0.5, 0.6) is 5.75 Å². The number of esters is 1. The van der Waals surface area contributed by atoms with Crippen LogP contribution in [-0.2, 0) is 14.3 Å². The average molecular weight is 361 g/mol. The maximum Gasteiger partial charge on any atom is 0.325 e. The van der Waals surface area contributed by atoms with Gasteiger partial charge < -0.3 is 20.1 Å². The fourth-order valence-corrected chi connectivity index (χ4v) is 1.82. The smallest absolute Gasteiger partial charge is 0.325 e. The van der Waals surface area contributed by atoms with E-state index in [-0.39, 0.29) is 12.5 Å². The van der Waals surface area contributed by atoms with Crippen molar-refractivity contribution >= 4 is 17.8 Å². The lowest BCUT2D eigenvalue weighted by molar-refractivity contribution is -0.147. The zero-order chi connectivity index (χ0) is 19.7. The highest BCUT2D eigenvalue weighted by atomic mass is 16.5. The Balaban J connectivity index is 2.41. The van der Waals surface area contributed by atoms with Crippen LogP contribution < -0.4 is 15.4 Å². The van der Waals surface area contributed by atoms with Crippen molar-refractivity contribution in [2.75, 3.05) is 20.3 Å². The van der Waals surface area contributed by atoms with Gasteiger partial charge in [-0.3, -0.25) is 14.4 Å². The molecule has 0 saturated heterocycles. The van der Waals surface area contributed by atoms with Crippen molar-refractivity contribution in [2.45, 2.75) is 26.3 Å². The minimum Gasteiger partial charge on any atom is -0.497 e. The van der Waals surface area contributed by atoms with E-state index in [4.69, 9.17) is 14.7 Å². The Hall–Kier alpha value is -3.08. The van der Waals surface area contributed by atoms with E-state index in [1.54, 1.807) is 45.0 Å². The van der Waals surface area contributed by atoms with E-state index < -0.39 is 29.9 Å². The SMILES string of the molecule is COc1ccc(C(=O)NCC(=O)OCC(=O)N[C@](C)(C#N)C(C)C)cc1. The van der Waals surface area contributed by atoms with Gasteiger partial charge in [0.1, 0.15) is 17.8 Å². The molecule has 0 spiro atoms. The summed E-state index contributed by atoms with van der Waals surface area (Å²) in [4.78, 5) is 35.4. The van der Waals surface area contributed by atoms with Crippen LogP contribution in [0, 0.1) is 17.2 Å². The van der Waals surface area contributed by atoms with Crippen LogP contribution in [0.4, 0.5) is 0 Å². The molecular formula is C18H23N3O5. The summed E-state index contributed by atoms with van der Waals surface area (Å²) < 4.78 is 9.80. The number of benzene rings is 1. The van der Waals surface area contributed by atoms with Gasteiger partial charge in [0.25, 0.3) is 11.8 Å². The van der Waals surface area contributed by atoms with Crippen molar-refractivity contribution in [3.8, 4) is 11.8 Å². The van der Waals surface area contributed by atoms with Gasteiger partial charge in [-0.25, -0.2) is 0 Å². The summed E-state index contributed by atoms with van der Waals surface area (Å²) in [7, 11) is 1.52. The molecule has 26 heavy (non-hydrogen) atoms. The average Bonchev–Trinajstić information content (AvgIpc) is 2.64. The highest BCUT2D eigenvalue weighted by Gasteiger charge is 2.30. The van der Waals surface area contributed by atoms with Gasteiger partial charge in [0, 0.05) is 5.56 Å². The number of amides is 2. The second kappa shape index (κ2) is 9.42. The molecule has 8 nitrogen and oxygen atoms in total. The van der Waals surface area contributed by atoms with Crippen LogP contribution in [0.15, 0.2) is 24.3 Å². The third kappa shape index (κ3) is 6.09. The Bertz CT molecular complexity index is 694. The van der Waals surface area contributed by atoms with Crippen LogP contribution in [-0.4, -0.2) is 43.6 Å². The summed E-state index contributed by atoms with van der Waals surface area (Å²) in [6, 6.07) is 8.39. The minimum absolute atomic E-state index is 0.115. The van der Waals surface area contributed by atoms with Crippen molar-refractivity contribution in [3.05, 3.63) is 29.8 Å². The summed E-state index contributed by atoms with van der Waals surface area (Å²) in [5.74, 6) is -1.30. The highest BCUT2D eigenvalue weighted by molar-refractivity contribution is 5.96. The van der Waals surface area contributed by atoms with Crippen molar-refractivity contribution in [1.82, 2.24) is 10.6 Å². The summed E-state index contributed by atoms with van der Waals surface area (Å²) in [6.45, 7) is 4.28. The van der Waals surface area contributed by atoms with Crippen LogP contribution in [0.25, 0.3) is 0 Å². The van der Waals surface area contributed by atoms with Crippen LogP contribution in [0.2, 0.25) is 0 Å². The van der Waals surface area contributed by atoms with Gasteiger partial charge in [-0.2, -0.15) is 5.26 Å². The number of hydrogen-bond acceptors (Lipinski definition) is 6. The summed E-state index contributed by atoms with van der Waals surface area (Å²) in [5.41, 5.74) is -0.690. The fourth-order valence-electron chi connectivity index (χ4n) is 1.82. The second-order valence-electron chi connectivity index (χ2n) is 6.09. The van der Waals surface area contributed by atoms with Gasteiger partial charge >= 0.3 is 5.97 Å². The van der Waals surface area contributed by atoms with E-state index in [2.05, 4.69) is 10.6 Å². The molecule has 0 aliphatic rings. The monoisotopic (exact) mass is 361 g/mol. The van der Waals surface area contributed by atoms with Gasteiger partial charge in [-0.05, 0) is 37.1 Å². The quantitative estimate of drug-likeness (QED) is 0.668. The predicted octanol–water partition coefficient (Wildman–Crippen LogP) is 1.02. The molecule has 140 valence electrons. The molecule has 0 saturated carbocycles. The van der Waals surface area contributed by atoms with E-state index in [9.17, 15) is 14.4 Å². The van der Waals surface area contributed by atoms with Crippen molar-refractivity contribution in [3.63, 3.8) is 0 Å². The third-order valence-electron chi connectivity index (χ3n) is 3.90. The van der Waals surface area contributed by atoms with E-state index in [0.717, 1.165) is 0 Å². The molecule has 0 fully saturated rings. The van der Waals surface area contributed by atoms with Gasteiger partial charge in [-0.1, -0.05) is 13.8 Å². The molecule has 2 N–H and O–H groups in total. The number of ether oxygens (including phenoxy) is 2. The first kappa shape index (κ1) is 21.0. The molecule has 8 heteroatoms. The molecule has 2 amide bonds.